The number of carboxylic acid groups (broad SMARTS) is 1. The molecule has 6 heteroatoms. The molecule has 0 unspecified atom stereocenters. The summed E-state index contributed by atoms with van der Waals surface area (Å²) in [4.78, 5) is 9.90. The van der Waals surface area contributed by atoms with E-state index in [1.54, 1.807) is 0 Å². The SMILES string of the molecule is O=C(O)NCc1cnno1. The molecule has 0 saturated heterocycles. The number of amides is 1. The minimum Gasteiger partial charge on any atom is -0.465 e. The Kier molecular flexibility index (Phi) is 1.83. The van der Waals surface area contributed by atoms with E-state index >= 15 is 0 Å². The van der Waals surface area contributed by atoms with Crippen molar-refractivity contribution in [3.05, 3.63) is 12.0 Å². The molecular weight excluding hydrogens is 138 g/mol. The van der Waals surface area contributed by atoms with Gasteiger partial charge in [0.1, 0.15) is 0 Å². The van der Waals surface area contributed by atoms with Gasteiger partial charge in [-0.15, -0.1) is 5.10 Å². The molecule has 0 spiro atoms. The average Bonchev–Trinajstić information content (AvgIpc) is 2.34. The highest BCUT2D eigenvalue weighted by Gasteiger charge is 1.98. The molecule has 1 amide bonds. The molecule has 0 aliphatic carbocycles. The normalized spacial score (nSPS) is 9.20. The molecule has 2 N–H and O–H groups in total. The van der Waals surface area contributed by atoms with Crippen molar-refractivity contribution in [2.45, 2.75) is 6.54 Å². The van der Waals surface area contributed by atoms with E-state index in [2.05, 4.69) is 20.2 Å². The molecule has 0 saturated carbocycles. The summed E-state index contributed by atoms with van der Waals surface area (Å²) in [5.41, 5.74) is 0. The highest BCUT2D eigenvalue weighted by molar-refractivity contribution is 5.64. The Balaban J connectivity index is 2.35. The fourth-order valence-electron chi connectivity index (χ4n) is 0.428. The van der Waals surface area contributed by atoms with E-state index < -0.39 is 6.09 Å². The third kappa shape index (κ3) is 1.73. The maximum absolute atomic E-state index is 9.90. The van der Waals surface area contributed by atoms with Gasteiger partial charge in [0.05, 0.1) is 12.7 Å². The predicted molar refractivity (Wildman–Crippen MR) is 29.2 cm³/mol. The summed E-state index contributed by atoms with van der Waals surface area (Å²) in [7, 11) is 0. The number of hydrogen-bond donors (Lipinski definition) is 2. The van der Waals surface area contributed by atoms with Crippen molar-refractivity contribution in [2.24, 2.45) is 0 Å². The maximum atomic E-state index is 9.90. The van der Waals surface area contributed by atoms with Gasteiger partial charge >= 0.3 is 6.09 Å². The third-order valence-corrected chi connectivity index (χ3v) is 0.821. The fourth-order valence-corrected chi connectivity index (χ4v) is 0.428. The van der Waals surface area contributed by atoms with Crippen LogP contribution in [-0.4, -0.2) is 21.6 Å². The topological polar surface area (TPSA) is 88.2 Å². The van der Waals surface area contributed by atoms with Crippen LogP contribution in [0, 0.1) is 0 Å². The molecule has 0 radical (unpaired) electrons. The largest absolute Gasteiger partial charge is 0.465 e. The van der Waals surface area contributed by atoms with Crippen LogP contribution in [0.2, 0.25) is 0 Å². The summed E-state index contributed by atoms with van der Waals surface area (Å²) in [5.74, 6) is 0.391. The summed E-state index contributed by atoms with van der Waals surface area (Å²) in [6.07, 6.45) is 0.243. The van der Waals surface area contributed by atoms with Crippen LogP contribution >= 0.6 is 0 Å². The molecule has 0 aromatic carbocycles. The standard InChI is InChI=1S/C4H5N3O3/c8-4(9)5-1-3-2-6-7-10-3/h2,5H,1H2,(H,8,9). The van der Waals surface area contributed by atoms with Crippen molar-refractivity contribution in [3.8, 4) is 0 Å². The smallest absolute Gasteiger partial charge is 0.405 e. The van der Waals surface area contributed by atoms with Crippen LogP contribution in [0.3, 0.4) is 0 Å². The zero-order valence-electron chi connectivity index (χ0n) is 4.94. The lowest BCUT2D eigenvalue weighted by atomic mass is 10.5. The molecule has 54 valence electrons. The molecule has 1 heterocycles. The second kappa shape index (κ2) is 2.81. The van der Waals surface area contributed by atoms with Crippen LogP contribution < -0.4 is 5.32 Å². The van der Waals surface area contributed by atoms with Crippen molar-refractivity contribution in [3.63, 3.8) is 0 Å². The summed E-state index contributed by atoms with van der Waals surface area (Å²) in [6, 6.07) is 0. The lowest BCUT2D eigenvalue weighted by Crippen LogP contribution is -2.19. The van der Waals surface area contributed by atoms with E-state index in [9.17, 15) is 4.79 Å². The average molecular weight is 143 g/mol. The first kappa shape index (κ1) is 6.53. The lowest BCUT2D eigenvalue weighted by Gasteiger charge is -1.91. The van der Waals surface area contributed by atoms with E-state index in [0.29, 0.717) is 5.76 Å². The Morgan fingerprint density at radius 2 is 2.70 bits per heavy atom. The van der Waals surface area contributed by atoms with Gasteiger partial charge in [-0.2, -0.15) is 0 Å². The Bertz CT molecular complexity index is 208. The molecule has 6 nitrogen and oxygen atoms in total. The Labute approximate surface area is 55.8 Å². The molecule has 0 bridgehead atoms. The van der Waals surface area contributed by atoms with Gasteiger partial charge in [-0.05, 0) is 0 Å². The van der Waals surface area contributed by atoms with Crippen molar-refractivity contribution in [1.82, 2.24) is 15.7 Å². The van der Waals surface area contributed by atoms with E-state index in [-0.39, 0.29) is 6.54 Å². The fraction of sp³-hybridized carbons (Fsp3) is 0.250. The number of aromatic nitrogens is 2. The molecule has 10 heavy (non-hydrogen) atoms. The van der Waals surface area contributed by atoms with Crippen molar-refractivity contribution in [1.29, 1.82) is 0 Å². The lowest BCUT2D eigenvalue weighted by molar-refractivity contribution is 0.192. The van der Waals surface area contributed by atoms with Crippen LogP contribution in [0.4, 0.5) is 4.79 Å². The highest BCUT2D eigenvalue weighted by atomic mass is 16.5. The first-order valence-corrected chi connectivity index (χ1v) is 2.52. The van der Waals surface area contributed by atoms with Crippen molar-refractivity contribution in [2.75, 3.05) is 0 Å². The van der Waals surface area contributed by atoms with Crippen molar-refractivity contribution >= 4 is 6.09 Å². The van der Waals surface area contributed by atoms with Gasteiger partial charge in [0.25, 0.3) is 0 Å². The van der Waals surface area contributed by atoms with Crippen LogP contribution in [0.15, 0.2) is 10.7 Å². The van der Waals surface area contributed by atoms with Gasteiger partial charge in [-0.1, -0.05) is 0 Å². The van der Waals surface area contributed by atoms with Gasteiger partial charge in [-0.3, -0.25) is 0 Å². The Morgan fingerprint density at radius 3 is 3.20 bits per heavy atom. The molecule has 0 fully saturated rings. The molecule has 0 aliphatic rings. The quantitative estimate of drug-likeness (QED) is 0.600. The van der Waals surface area contributed by atoms with Gasteiger partial charge in [0, 0.05) is 5.27 Å². The second-order valence-corrected chi connectivity index (χ2v) is 1.54. The molecule has 1 rings (SSSR count). The monoisotopic (exact) mass is 143 g/mol. The predicted octanol–water partition coefficient (Wildman–Crippen LogP) is -0.163. The summed E-state index contributed by atoms with van der Waals surface area (Å²) in [5, 5.41) is 16.7. The summed E-state index contributed by atoms with van der Waals surface area (Å²) < 4.78 is 4.50. The van der Waals surface area contributed by atoms with Gasteiger partial charge < -0.3 is 14.9 Å². The first-order chi connectivity index (χ1) is 4.79. The second-order valence-electron chi connectivity index (χ2n) is 1.54. The Morgan fingerprint density at radius 1 is 1.90 bits per heavy atom. The molecule has 1 aromatic heterocycles. The van der Waals surface area contributed by atoms with Crippen LogP contribution in [0.25, 0.3) is 0 Å². The molecule has 1 aromatic rings. The van der Waals surface area contributed by atoms with Crippen LogP contribution in [0.1, 0.15) is 5.76 Å². The number of nitrogens with zero attached hydrogens (tertiary/aromatic N) is 2. The minimum atomic E-state index is -1.10. The first-order valence-electron chi connectivity index (χ1n) is 2.52. The van der Waals surface area contributed by atoms with E-state index in [4.69, 9.17) is 5.11 Å². The molecule has 0 atom stereocenters. The number of hydrogen-bond acceptors (Lipinski definition) is 4. The maximum Gasteiger partial charge on any atom is 0.405 e. The zero-order valence-corrected chi connectivity index (χ0v) is 4.94. The van der Waals surface area contributed by atoms with E-state index in [1.165, 1.54) is 6.20 Å². The summed E-state index contributed by atoms with van der Waals surface area (Å²) in [6.45, 7) is 0.0995. The van der Waals surface area contributed by atoms with Crippen molar-refractivity contribution < 1.29 is 14.4 Å². The number of carbonyl (C=O) groups is 1. The van der Waals surface area contributed by atoms with Gasteiger partial charge in [0.2, 0.25) is 0 Å². The number of nitrogens with one attached hydrogen (secondary N) is 1. The third-order valence-electron chi connectivity index (χ3n) is 0.821. The molecular formula is C4H5N3O3. The number of rotatable bonds is 2. The van der Waals surface area contributed by atoms with E-state index in [0.717, 1.165) is 0 Å². The van der Waals surface area contributed by atoms with E-state index in [1.807, 2.05) is 0 Å². The van der Waals surface area contributed by atoms with Crippen LogP contribution in [0.5, 0.6) is 0 Å². The summed E-state index contributed by atoms with van der Waals surface area (Å²) >= 11 is 0. The zero-order chi connectivity index (χ0) is 7.40. The molecule has 0 aliphatic heterocycles. The van der Waals surface area contributed by atoms with Crippen LogP contribution in [-0.2, 0) is 6.54 Å². The Hall–Kier alpha value is -1.59. The minimum absolute atomic E-state index is 0.0995. The van der Waals surface area contributed by atoms with Gasteiger partial charge in [0.15, 0.2) is 5.76 Å². The van der Waals surface area contributed by atoms with Gasteiger partial charge in [-0.25, -0.2) is 4.79 Å². The highest BCUT2D eigenvalue weighted by Crippen LogP contribution is 1.90.